The van der Waals surface area contributed by atoms with Crippen molar-refractivity contribution in [3.05, 3.63) is 66.2 Å². The van der Waals surface area contributed by atoms with E-state index in [1.807, 2.05) is 67.5 Å². The third kappa shape index (κ3) is 2.94. The van der Waals surface area contributed by atoms with E-state index in [4.69, 9.17) is 0 Å². The third-order valence-corrected chi connectivity index (χ3v) is 2.45. The first-order valence-electron chi connectivity index (χ1n) is 5.64. The average Bonchev–Trinajstić information content (AvgIpc) is 2.38. The maximum absolute atomic E-state index is 4.67. The number of para-hydroxylation sites is 1. The van der Waals surface area contributed by atoms with Crippen LogP contribution in [0.15, 0.2) is 65.7 Å². The zero-order valence-electron chi connectivity index (χ0n) is 10.2. The van der Waals surface area contributed by atoms with E-state index in [9.17, 15) is 0 Å². The molecule has 2 aromatic rings. The van der Waals surface area contributed by atoms with Gasteiger partial charge in [0, 0.05) is 19.7 Å². The number of hydrogen-bond donors (Lipinski definition) is 0. The van der Waals surface area contributed by atoms with Crippen LogP contribution in [0.4, 0.5) is 5.69 Å². The summed E-state index contributed by atoms with van der Waals surface area (Å²) in [4.78, 5) is 6.70. The number of rotatable bonds is 2. The Bertz CT molecular complexity index is 487. The molecule has 0 heterocycles. The maximum atomic E-state index is 4.67. The maximum Gasteiger partial charge on any atom is 0.136 e. The topological polar surface area (TPSA) is 15.6 Å². The highest BCUT2D eigenvalue weighted by Crippen LogP contribution is 2.14. The second-order valence-corrected chi connectivity index (χ2v) is 4.03. The van der Waals surface area contributed by atoms with Crippen LogP contribution in [0.25, 0.3) is 0 Å². The normalized spacial score (nSPS) is 11.3. The molecule has 2 aromatic carbocycles. The molecule has 0 aliphatic carbocycles. The summed E-state index contributed by atoms with van der Waals surface area (Å²) in [6.07, 6.45) is 0. The Kier molecular flexibility index (Phi) is 3.55. The summed E-state index contributed by atoms with van der Waals surface area (Å²) in [7, 11) is 4.02. The van der Waals surface area contributed by atoms with Gasteiger partial charge in [-0.2, -0.15) is 0 Å². The highest BCUT2D eigenvalue weighted by molar-refractivity contribution is 5.99. The summed E-state index contributed by atoms with van der Waals surface area (Å²) in [6, 6.07) is 20.2. The molecule has 86 valence electrons. The molecule has 17 heavy (non-hydrogen) atoms. The molecule has 0 saturated heterocycles. The zero-order valence-corrected chi connectivity index (χ0v) is 10.2. The van der Waals surface area contributed by atoms with Crippen LogP contribution in [0.1, 0.15) is 5.56 Å². The molecule has 0 atom stereocenters. The molecule has 0 amide bonds. The van der Waals surface area contributed by atoms with Crippen molar-refractivity contribution in [1.29, 1.82) is 0 Å². The monoisotopic (exact) mass is 224 g/mol. The first-order valence-corrected chi connectivity index (χ1v) is 5.64. The Morgan fingerprint density at radius 1 is 0.824 bits per heavy atom. The number of aliphatic imine (C=N–C) groups is 1. The van der Waals surface area contributed by atoms with Crippen LogP contribution >= 0.6 is 0 Å². The predicted molar refractivity (Wildman–Crippen MR) is 72.8 cm³/mol. The lowest BCUT2D eigenvalue weighted by Crippen LogP contribution is -2.22. The number of amidine groups is 1. The molecular formula is C15H16N2. The van der Waals surface area contributed by atoms with Crippen molar-refractivity contribution in [2.75, 3.05) is 14.1 Å². The summed E-state index contributed by atoms with van der Waals surface area (Å²) < 4.78 is 0. The fraction of sp³-hybridized carbons (Fsp3) is 0.133. The smallest absolute Gasteiger partial charge is 0.136 e. The molecule has 0 unspecified atom stereocenters. The molecule has 0 saturated carbocycles. The molecular weight excluding hydrogens is 208 g/mol. The van der Waals surface area contributed by atoms with E-state index in [2.05, 4.69) is 17.1 Å². The predicted octanol–water partition coefficient (Wildman–Crippen LogP) is 3.33. The van der Waals surface area contributed by atoms with E-state index in [0.29, 0.717) is 0 Å². The standard InChI is InChI=1S/C15H16N2/c1-17(2)15(13-9-5-3-6-10-13)16-14-11-7-4-8-12-14/h3-12H,1-2H3. The van der Waals surface area contributed by atoms with Gasteiger partial charge in [-0.3, -0.25) is 0 Å². The van der Waals surface area contributed by atoms with E-state index in [-0.39, 0.29) is 0 Å². The first kappa shape index (κ1) is 11.4. The molecule has 2 heteroatoms. The van der Waals surface area contributed by atoms with Gasteiger partial charge in [0.2, 0.25) is 0 Å². The highest BCUT2D eigenvalue weighted by Gasteiger charge is 2.04. The minimum atomic E-state index is 0.969. The first-order chi connectivity index (χ1) is 8.27. The van der Waals surface area contributed by atoms with Crippen LogP contribution in [0.5, 0.6) is 0 Å². The summed E-state index contributed by atoms with van der Waals surface area (Å²) in [6.45, 7) is 0. The van der Waals surface area contributed by atoms with Gasteiger partial charge in [-0.05, 0) is 12.1 Å². The molecule has 0 aliphatic rings. The molecule has 0 aromatic heterocycles. The Morgan fingerprint density at radius 2 is 1.35 bits per heavy atom. The summed E-state index contributed by atoms with van der Waals surface area (Å²) in [5.41, 5.74) is 2.10. The van der Waals surface area contributed by atoms with Gasteiger partial charge in [-0.15, -0.1) is 0 Å². The fourth-order valence-electron chi connectivity index (χ4n) is 1.63. The van der Waals surface area contributed by atoms with Crippen molar-refractivity contribution < 1.29 is 0 Å². The van der Waals surface area contributed by atoms with Crippen molar-refractivity contribution in [1.82, 2.24) is 4.90 Å². The van der Waals surface area contributed by atoms with Gasteiger partial charge in [0.15, 0.2) is 0 Å². The van der Waals surface area contributed by atoms with Gasteiger partial charge < -0.3 is 4.90 Å². The number of nitrogens with zero attached hydrogens (tertiary/aromatic N) is 2. The minimum absolute atomic E-state index is 0.969. The van der Waals surface area contributed by atoms with Gasteiger partial charge >= 0.3 is 0 Å². The van der Waals surface area contributed by atoms with Gasteiger partial charge in [0.05, 0.1) is 5.69 Å². The largest absolute Gasteiger partial charge is 0.362 e. The molecule has 0 spiro atoms. The molecule has 0 fully saturated rings. The van der Waals surface area contributed by atoms with E-state index < -0.39 is 0 Å². The Hall–Kier alpha value is -2.09. The van der Waals surface area contributed by atoms with Crippen LogP contribution < -0.4 is 0 Å². The summed E-state index contributed by atoms with van der Waals surface area (Å²) >= 11 is 0. The van der Waals surface area contributed by atoms with Crippen molar-refractivity contribution >= 4 is 11.5 Å². The SMILES string of the molecule is CN(C)C(=Nc1ccccc1)c1ccccc1. The van der Waals surface area contributed by atoms with Crippen LogP contribution in [0.3, 0.4) is 0 Å². The van der Waals surface area contributed by atoms with E-state index >= 15 is 0 Å². The molecule has 2 rings (SSSR count). The molecule has 0 bridgehead atoms. The zero-order chi connectivity index (χ0) is 12.1. The van der Waals surface area contributed by atoms with Crippen LogP contribution in [-0.4, -0.2) is 24.8 Å². The van der Waals surface area contributed by atoms with Gasteiger partial charge in [-0.1, -0.05) is 48.5 Å². The third-order valence-electron chi connectivity index (χ3n) is 2.45. The Morgan fingerprint density at radius 3 is 1.88 bits per heavy atom. The fourth-order valence-corrected chi connectivity index (χ4v) is 1.63. The van der Waals surface area contributed by atoms with Gasteiger partial charge in [0.25, 0.3) is 0 Å². The lowest BCUT2D eigenvalue weighted by Gasteiger charge is -2.16. The molecule has 2 nitrogen and oxygen atoms in total. The van der Waals surface area contributed by atoms with Crippen LogP contribution in [-0.2, 0) is 0 Å². The second kappa shape index (κ2) is 5.30. The van der Waals surface area contributed by atoms with E-state index in [1.54, 1.807) is 0 Å². The van der Waals surface area contributed by atoms with E-state index in [1.165, 1.54) is 0 Å². The Balaban J connectivity index is 2.40. The molecule has 0 N–H and O–H groups in total. The van der Waals surface area contributed by atoms with Crippen LogP contribution in [0.2, 0.25) is 0 Å². The van der Waals surface area contributed by atoms with Crippen molar-refractivity contribution in [3.63, 3.8) is 0 Å². The number of hydrogen-bond acceptors (Lipinski definition) is 1. The lowest BCUT2D eigenvalue weighted by molar-refractivity contribution is 0.624. The van der Waals surface area contributed by atoms with Gasteiger partial charge in [-0.25, -0.2) is 4.99 Å². The highest BCUT2D eigenvalue weighted by atomic mass is 15.1. The summed E-state index contributed by atoms with van der Waals surface area (Å²) in [5.74, 6) is 0.969. The van der Waals surface area contributed by atoms with Crippen molar-refractivity contribution in [2.45, 2.75) is 0 Å². The quantitative estimate of drug-likeness (QED) is 0.564. The van der Waals surface area contributed by atoms with Gasteiger partial charge in [0.1, 0.15) is 5.84 Å². The van der Waals surface area contributed by atoms with Crippen LogP contribution in [0, 0.1) is 0 Å². The summed E-state index contributed by atoms with van der Waals surface area (Å²) in [5, 5.41) is 0. The molecule has 0 aliphatic heterocycles. The minimum Gasteiger partial charge on any atom is -0.362 e. The number of benzene rings is 2. The average molecular weight is 224 g/mol. The Labute approximate surface area is 102 Å². The van der Waals surface area contributed by atoms with Crippen molar-refractivity contribution in [2.24, 2.45) is 4.99 Å². The lowest BCUT2D eigenvalue weighted by atomic mass is 10.2. The molecule has 0 radical (unpaired) electrons. The van der Waals surface area contributed by atoms with E-state index in [0.717, 1.165) is 17.1 Å². The van der Waals surface area contributed by atoms with Crippen molar-refractivity contribution in [3.8, 4) is 0 Å². The second-order valence-electron chi connectivity index (χ2n) is 4.03.